The molecule has 9 nitrogen and oxygen atoms in total. The summed E-state index contributed by atoms with van der Waals surface area (Å²) in [7, 11) is 0. The fourth-order valence-electron chi connectivity index (χ4n) is 4.69. The number of aliphatic hydroxyl groups is 3. The molecule has 0 aromatic heterocycles. The average Bonchev–Trinajstić information content (AvgIpc) is 3.10. The molecule has 5 atom stereocenters. The van der Waals surface area contributed by atoms with Crippen molar-refractivity contribution in [1.82, 2.24) is 5.32 Å². The van der Waals surface area contributed by atoms with E-state index in [4.69, 9.17) is 0 Å². The molecule has 0 spiro atoms. The van der Waals surface area contributed by atoms with Crippen LogP contribution < -0.4 is 5.32 Å². The van der Waals surface area contributed by atoms with E-state index in [0.717, 1.165) is 12.8 Å². The van der Waals surface area contributed by atoms with E-state index in [1.807, 2.05) is 30.4 Å². The third kappa shape index (κ3) is 11.7. The zero-order valence-corrected chi connectivity index (χ0v) is 20.3. The summed E-state index contributed by atoms with van der Waals surface area (Å²) in [4.78, 5) is 26.0. The zero-order chi connectivity index (χ0) is 25.5. The highest BCUT2D eigenvalue weighted by molar-refractivity contribution is 5.75. The first kappa shape index (κ1) is 28.7. The van der Waals surface area contributed by atoms with Gasteiger partial charge in [0.25, 0.3) is 5.09 Å². The van der Waals surface area contributed by atoms with Gasteiger partial charge in [0.05, 0.1) is 24.9 Å². The van der Waals surface area contributed by atoms with Crippen molar-refractivity contribution in [3.8, 4) is 0 Å². The molecule has 35 heavy (non-hydrogen) atoms. The van der Waals surface area contributed by atoms with Gasteiger partial charge in [0, 0.05) is 13.0 Å². The molecule has 0 unspecified atom stereocenters. The number of allylic oxidation sites excluding steroid dienone is 2. The number of nitrogens with one attached hydrogen (secondary N) is 1. The summed E-state index contributed by atoms with van der Waals surface area (Å²) in [5.41, 5.74) is 1.20. The zero-order valence-electron chi connectivity index (χ0n) is 20.3. The van der Waals surface area contributed by atoms with E-state index in [2.05, 4.69) is 22.3 Å². The molecule has 1 amide bonds. The summed E-state index contributed by atoms with van der Waals surface area (Å²) in [6.07, 6.45) is 8.46. The molecule has 1 aromatic rings. The van der Waals surface area contributed by atoms with Crippen LogP contribution >= 0.6 is 0 Å². The Morgan fingerprint density at radius 3 is 2.63 bits per heavy atom. The number of rotatable bonds is 17. The lowest BCUT2D eigenvalue weighted by atomic mass is 9.85. The number of hydrogen-bond acceptors (Lipinski definition) is 7. The molecule has 0 radical (unpaired) electrons. The van der Waals surface area contributed by atoms with Crippen LogP contribution in [-0.2, 0) is 16.1 Å². The molecule has 196 valence electrons. The van der Waals surface area contributed by atoms with Gasteiger partial charge in [-0.15, -0.1) is 10.1 Å². The summed E-state index contributed by atoms with van der Waals surface area (Å²) in [5, 5.41) is 43.2. The van der Waals surface area contributed by atoms with Crippen LogP contribution in [0.2, 0.25) is 0 Å². The number of aryl methyl sites for hydroxylation is 1. The van der Waals surface area contributed by atoms with Crippen LogP contribution in [0.3, 0.4) is 0 Å². The Bertz CT molecular complexity index is 774. The van der Waals surface area contributed by atoms with E-state index in [1.165, 1.54) is 5.56 Å². The van der Waals surface area contributed by atoms with Gasteiger partial charge in [0.2, 0.25) is 5.91 Å². The van der Waals surface area contributed by atoms with Crippen LogP contribution in [0.25, 0.3) is 0 Å². The quantitative estimate of drug-likeness (QED) is 0.113. The maximum atomic E-state index is 11.8. The average molecular weight is 493 g/mol. The lowest BCUT2D eigenvalue weighted by molar-refractivity contribution is -0.757. The molecular weight excluding hydrogens is 452 g/mol. The van der Waals surface area contributed by atoms with Crippen molar-refractivity contribution in [2.45, 2.75) is 82.5 Å². The number of nitrogens with zero attached hydrogens (tertiary/aromatic N) is 1. The Balaban J connectivity index is 1.62. The highest BCUT2D eigenvalue weighted by Crippen LogP contribution is 2.38. The van der Waals surface area contributed by atoms with E-state index >= 15 is 0 Å². The van der Waals surface area contributed by atoms with Gasteiger partial charge < -0.3 is 25.5 Å². The van der Waals surface area contributed by atoms with Gasteiger partial charge in [-0.3, -0.25) is 4.79 Å². The minimum absolute atomic E-state index is 0.0349. The maximum Gasteiger partial charge on any atom is 0.294 e. The van der Waals surface area contributed by atoms with Gasteiger partial charge in [-0.05, 0) is 75.2 Å². The standard InChI is InChI=1S/C26H40N2O7/c29-21(14-13-20-9-4-3-5-10-20)15-16-23-22(24(30)19-25(23)31)11-6-1-2-7-12-26(32)27-17-8-18-35-28(33)34/h1,3-6,9-10,21-25,29-31H,2,7-8,11-19H2,(H,27,32)/b6-1-/t21-,22+,23+,24-,25+/m0/s1. The van der Waals surface area contributed by atoms with Crippen LogP contribution in [0.5, 0.6) is 0 Å². The van der Waals surface area contributed by atoms with Crippen LogP contribution in [-0.4, -0.2) is 57.8 Å². The second kappa shape index (κ2) is 16.2. The first-order chi connectivity index (χ1) is 16.9. The van der Waals surface area contributed by atoms with Crippen LogP contribution in [0.4, 0.5) is 0 Å². The van der Waals surface area contributed by atoms with Gasteiger partial charge in [-0.1, -0.05) is 42.5 Å². The Hall–Kier alpha value is -2.49. The number of carbonyl (C=O) groups excluding carboxylic acids is 1. The third-order valence-electron chi connectivity index (χ3n) is 6.65. The Labute approximate surface area is 207 Å². The number of unbranched alkanes of at least 4 members (excludes halogenated alkanes) is 1. The molecule has 0 bridgehead atoms. The van der Waals surface area contributed by atoms with Crippen molar-refractivity contribution in [1.29, 1.82) is 0 Å². The molecule has 2 rings (SSSR count). The minimum atomic E-state index is -0.849. The molecule has 1 aliphatic rings. The molecule has 9 heteroatoms. The molecular formula is C26H40N2O7. The summed E-state index contributed by atoms with van der Waals surface area (Å²) in [6.45, 7) is 0.304. The Morgan fingerprint density at radius 1 is 1.14 bits per heavy atom. The van der Waals surface area contributed by atoms with Gasteiger partial charge in [0.1, 0.15) is 0 Å². The molecule has 1 saturated carbocycles. The normalized spacial score (nSPS) is 22.8. The summed E-state index contributed by atoms with van der Waals surface area (Å²) >= 11 is 0. The van der Waals surface area contributed by atoms with E-state index in [0.29, 0.717) is 57.9 Å². The van der Waals surface area contributed by atoms with E-state index in [9.17, 15) is 30.2 Å². The van der Waals surface area contributed by atoms with Gasteiger partial charge >= 0.3 is 0 Å². The van der Waals surface area contributed by atoms with Crippen molar-refractivity contribution < 1.29 is 30.0 Å². The minimum Gasteiger partial charge on any atom is -0.393 e. The van der Waals surface area contributed by atoms with E-state index in [-0.39, 0.29) is 24.3 Å². The second-order valence-corrected chi connectivity index (χ2v) is 9.31. The number of amides is 1. The topological polar surface area (TPSA) is 142 Å². The lowest BCUT2D eigenvalue weighted by Gasteiger charge is -2.23. The first-order valence-corrected chi connectivity index (χ1v) is 12.6. The lowest BCUT2D eigenvalue weighted by Crippen LogP contribution is -2.25. The predicted octanol–water partition coefficient (Wildman–Crippen LogP) is 2.95. The highest BCUT2D eigenvalue weighted by Gasteiger charge is 2.40. The SMILES string of the molecule is O=C(CCC/C=C\C[C@@H]1[C@@H](CC[C@@H](O)CCc2ccccc2)[C@H](O)C[C@@H]1O)NCCCO[N+](=O)[O-]. The fourth-order valence-corrected chi connectivity index (χ4v) is 4.69. The number of benzene rings is 1. The largest absolute Gasteiger partial charge is 0.393 e. The van der Waals surface area contributed by atoms with Gasteiger partial charge in [-0.25, -0.2) is 0 Å². The molecule has 1 aromatic carbocycles. The van der Waals surface area contributed by atoms with Crippen LogP contribution in [0.15, 0.2) is 42.5 Å². The van der Waals surface area contributed by atoms with Crippen molar-refractivity contribution in [3.63, 3.8) is 0 Å². The molecule has 1 aliphatic carbocycles. The van der Waals surface area contributed by atoms with Crippen molar-refractivity contribution >= 4 is 5.91 Å². The third-order valence-corrected chi connectivity index (χ3v) is 6.65. The number of carbonyl (C=O) groups is 1. The Morgan fingerprint density at radius 2 is 1.89 bits per heavy atom. The van der Waals surface area contributed by atoms with Crippen molar-refractivity contribution in [3.05, 3.63) is 58.2 Å². The molecule has 0 aliphatic heterocycles. The smallest absolute Gasteiger partial charge is 0.294 e. The second-order valence-electron chi connectivity index (χ2n) is 9.31. The molecule has 1 fully saturated rings. The maximum absolute atomic E-state index is 11.8. The number of hydrogen-bond donors (Lipinski definition) is 4. The van der Waals surface area contributed by atoms with E-state index < -0.39 is 23.4 Å². The van der Waals surface area contributed by atoms with Crippen LogP contribution in [0, 0.1) is 22.0 Å². The van der Waals surface area contributed by atoms with Crippen molar-refractivity contribution in [2.75, 3.05) is 13.2 Å². The van der Waals surface area contributed by atoms with E-state index in [1.54, 1.807) is 0 Å². The van der Waals surface area contributed by atoms with Gasteiger partial charge in [-0.2, -0.15) is 0 Å². The molecule has 4 N–H and O–H groups in total. The summed E-state index contributed by atoms with van der Waals surface area (Å²) in [6, 6.07) is 10.1. The Kier molecular flexibility index (Phi) is 13.3. The fraction of sp³-hybridized carbons (Fsp3) is 0.654. The van der Waals surface area contributed by atoms with Gasteiger partial charge in [0.15, 0.2) is 0 Å². The first-order valence-electron chi connectivity index (χ1n) is 12.6. The molecule has 0 heterocycles. The monoisotopic (exact) mass is 492 g/mol. The van der Waals surface area contributed by atoms with Crippen LogP contribution in [0.1, 0.15) is 63.4 Å². The highest BCUT2D eigenvalue weighted by atomic mass is 16.9. The number of aliphatic hydroxyl groups excluding tert-OH is 3. The molecule has 0 saturated heterocycles. The predicted molar refractivity (Wildman–Crippen MR) is 132 cm³/mol. The van der Waals surface area contributed by atoms with Crippen molar-refractivity contribution in [2.24, 2.45) is 11.8 Å². The summed E-state index contributed by atoms with van der Waals surface area (Å²) in [5.74, 6) is -0.168. The summed E-state index contributed by atoms with van der Waals surface area (Å²) < 4.78 is 0.